The third kappa shape index (κ3) is 3.61. The van der Waals surface area contributed by atoms with Crippen molar-refractivity contribution in [1.29, 1.82) is 0 Å². The third-order valence-corrected chi connectivity index (χ3v) is 3.57. The lowest BCUT2D eigenvalue weighted by Crippen LogP contribution is -2.15. The van der Waals surface area contributed by atoms with Crippen LogP contribution in [0.1, 0.15) is 29.5 Å². The number of aryl methyl sites for hydroxylation is 1. The second-order valence-electron chi connectivity index (χ2n) is 5.09. The highest BCUT2D eigenvalue weighted by Crippen LogP contribution is 2.26. The monoisotopic (exact) mass is 269 g/mol. The van der Waals surface area contributed by atoms with Gasteiger partial charge in [-0.15, -0.1) is 0 Å². The first-order chi connectivity index (χ1) is 9.74. The van der Waals surface area contributed by atoms with Crippen molar-refractivity contribution >= 4 is 0 Å². The maximum absolute atomic E-state index is 5.97. The SMILES string of the molecule is CCOc1ccccc1CC(CN)c1ccc(C)cc1. The molecule has 0 aromatic heterocycles. The van der Waals surface area contributed by atoms with Crippen molar-refractivity contribution in [3.63, 3.8) is 0 Å². The van der Waals surface area contributed by atoms with Crippen LogP contribution in [0.5, 0.6) is 5.75 Å². The number of para-hydroxylation sites is 1. The average Bonchev–Trinajstić information content (AvgIpc) is 2.48. The highest BCUT2D eigenvalue weighted by molar-refractivity contribution is 5.36. The van der Waals surface area contributed by atoms with Gasteiger partial charge < -0.3 is 10.5 Å². The Morgan fingerprint density at radius 1 is 1.05 bits per heavy atom. The zero-order valence-corrected chi connectivity index (χ0v) is 12.3. The second-order valence-corrected chi connectivity index (χ2v) is 5.09. The van der Waals surface area contributed by atoms with Crippen molar-refractivity contribution in [3.8, 4) is 5.75 Å². The van der Waals surface area contributed by atoms with Gasteiger partial charge in [-0.05, 0) is 44.0 Å². The summed E-state index contributed by atoms with van der Waals surface area (Å²) < 4.78 is 5.70. The highest BCUT2D eigenvalue weighted by atomic mass is 16.5. The fourth-order valence-corrected chi connectivity index (χ4v) is 2.41. The van der Waals surface area contributed by atoms with Crippen LogP contribution in [0.4, 0.5) is 0 Å². The summed E-state index contributed by atoms with van der Waals surface area (Å²) >= 11 is 0. The summed E-state index contributed by atoms with van der Waals surface area (Å²) in [6.07, 6.45) is 0.912. The largest absolute Gasteiger partial charge is 0.494 e. The molecule has 0 spiro atoms. The van der Waals surface area contributed by atoms with E-state index < -0.39 is 0 Å². The molecule has 1 atom stereocenters. The van der Waals surface area contributed by atoms with E-state index >= 15 is 0 Å². The predicted molar refractivity (Wildman–Crippen MR) is 84.3 cm³/mol. The first kappa shape index (κ1) is 14.6. The summed E-state index contributed by atoms with van der Waals surface area (Å²) in [7, 11) is 0. The summed E-state index contributed by atoms with van der Waals surface area (Å²) in [6.45, 7) is 5.45. The number of rotatable bonds is 6. The lowest BCUT2D eigenvalue weighted by atomic mass is 9.91. The minimum Gasteiger partial charge on any atom is -0.494 e. The maximum atomic E-state index is 5.97. The van der Waals surface area contributed by atoms with Crippen LogP contribution in [0, 0.1) is 6.92 Å². The number of hydrogen-bond donors (Lipinski definition) is 1. The van der Waals surface area contributed by atoms with Crippen molar-refractivity contribution in [2.75, 3.05) is 13.2 Å². The molecule has 2 N–H and O–H groups in total. The summed E-state index contributed by atoms with van der Waals surface area (Å²) in [4.78, 5) is 0. The van der Waals surface area contributed by atoms with Gasteiger partial charge in [-0.2, -0.15) is 0 Å². The zero-order valence-electron chi connectivity index (χ0n) is 12.3. The number of ether oxygens (including phenoxy) is 1. The van der Waals surface area contributed by atoms with Gasteiger partial charge in [0.1, 0.15) is 5.75 Å². The van der Waals surface area contributed by atoms with E-state index in [9.17, 15) is 0 Å². The van der Waals surface area contributed by atoms with Gasteiger partial charge in [-0.25, -0.2) is 0 Å². The summed E-state index contributed by atoms with van der Waals surface area (Å²) in [6, 6.07) is 16.9. The molecular weight excluding hydrogens is 246 g/mol. The molecule has 0 saturated carbocycles. The summed E-state index contributed by atoms with van der Waals surface area (Å²) in [5, 5.41) is 0. The summed E-state index contributed by atoms with van der Waals surface area (Å²) in [5.41, 5.74) is 9.77. The van der Waals surface area contributed by atoms with E-state index in [0.717, 1.165) is 12.2 Å². The molecule has 2 heteroatoms. The fourth-order valence-electron chi connectivity index (χ4n) is 2.41. The lowest BCUT2D eigenvalue weighted by molar-refractivity contribution is 0.335. The Bertz CT molecular complexity index is 533. The van der Waals surface area contributed by atoms with E-state index in [1.807, 2.05) is 19.1 Å². The van der Waals surface area contributed by atoms with Crippen LogP contribution in [0.2, 0.25) is 0 Å². The van der Waals surface area contributed by atoms with E-state index in [2.05, 4.69) is 43.3 Å². The van der Waals surface area contributed by atoms with Crippen molar-refractivity contribution in [2.45, 2.75) is 26.2 Å². The molecule has 0 aliphatic rings. The Labute approximate surface area is 121 Å². The van der Waals surface area contributed by atoms with Gasteiger partial charge in [0.25, 0.3) is 0 Å². The molecule has 2 rings (SSSR count). The van der Waals surface area contributed by atoms with E-state index in [1.165, 1.54) is 16.7 Å². The van der Waals surface area contributed by atoms with Gasteiger partial charge in [0.15, 0.2) is 0 Å². The molecule has 20 heavy (non-hydrogen) atoms. The fraction of sp³-hybridized carbons (Fsp3) is 0.333. The average molecular weight is 269 g/mol. The Kier molecular flexibility index (Phi) is 5.19. The van der Waals surface area contributed by atoms with Crippen LogP contribution in [0.3, 0.4) is 0 Å². The van der Waals surface area contributed by atoms with Crippen LogP contribution >= 0.6 is 0 Å². The molecule has 0 radical (unpaired) electrons. The van der Waals surface area contributed by atoms with Crippen LogP contribution in [-0.2, 0) is 6.42 Å². The van der Waals surface area contributed by atoms with E-state index in [4.69, 9.17) is 10.5 Å². The molecule has 2 nitrogen and oxygen atoms in total. The van der Waals surface area contributed by atoms with Crippen LogP contribution in [0.15, 0.2) is 48.5 Å². The minimum absolute atomic E-state index is 0.331. The highest BCUT2D eigenvalue weighted by Gasteiger charge is 2.13. The van der Waals surface area contributed by atoms with Crippen molar-refractivity contribution < 1.29 is 4.74 Å². The van der Waals surface area contributed by atoms with Gasteiger partial charge in [0, 0.05) is 5.92 Å². The van der Waals surface area contributed by atoms with Gasteiger partial charge >= 0.3 is 0 Å². The Morgan fingerprint density at radius 2 is 1.75 bits per heavy atom. The molecule has 106 valence electrons. The Morgan fingerprint density at radius 3 is 2.40 bits per heavy atom. The van der Waals surface area contributed by atoms with Crippen LogP contribution < -0.4 is 10.5 Å². The standard InChI is InChI=1S/C18H23NO/c1-3-20-18-7-5-4-6-16(18)12-17(13-19)15-10-8-14(2)9-11-15/h4-11,17H,3,12-13,19H2,1-2H3. The lowest BCUT2D eigenvalue weighted by Gasteiger charge is -2.18. The molecule has 2 aromatic rings. The molecule has 2 aromatic carbocycles. The molecule has 0 amide bonds. The molecule has 0 aliphatic carbocycles. The maximum Gasteiger partial charge on any atom is 0.122 e. The van der Waals surface area contributed by atoms with E-state index in [1.54, 1.807) is 0 Å². The van der Waals surface area contributed by atoms with Gasteiger partial charge in [-0.1, -0.05) is 48.0 Å². The quantitative estimate of drug-likeness (QED) is 0.868. The Balaban J connectivity index is 2.20. The van der Waals surface area contributed by atoms with Crippen molar-refractivity contribution in [1.82, 2.24) is 0 Å². The molecular formula is C18H23NO. The first-order valence-electron chi connectivity index (χ1n) is 7.22. The molecule has 0 saturated heterocycles. The topological polar surface area (TPSA) is 35.2 Å². The van der Waals surface area contributed by atoms with E-state index in [0.29, 0.717) is 19.1 Å². The smallest absolute Gasteiger partial charge is 0.122 e. The van der Waals surface area contributed by atoms with E-state index in [-0.39, 0.29) is 0 Å². The first-order valence-corrected chi connectivity index (χ1v) is 7.22. The molecule has 0 heterocycles. The third-order valence-electron chi connectivity index (χ3n) is 3.57. The number of benzene rings is 2. The van der Waals surface area contributed by atoms with Crippen LogP contribution in [-0.4, -0.2) is 13.2 Å². The minimum atomic E-state index is 0.331. The van der Waals surface area contributed by atoms with Crippen molar-refractivity contribution in [2.24, 2.45) is 5.73 Å². The van der Waals surface area contributed by atoms with Gasteiger partial charge in [0.05, 0.1) is 6.61 Å². The van der Waals surface area contributed by atoms with Crippen LogP contribution in [0.25, 0.3) is 0 Å². The second kappa shape index (κ2) is 7.11. The molecule has 0 bridgehead atoms. The van der Waals surface area contributed by atoms with Gasteiger partial charge in [0.2, 0.25) is 0 Å². The summed E-state index contributed by atoms with van der Waals surface area (Å²) in [5.74, 6) is 1.30. The molecule has 0 fully saturated rings. The molecule has 0 aliphatic heterocycles. The molecule has 1 unspecified atom stereocenters. The zero-order chi connectivity index (χ0) is 14.4. The van der Waals surface area contributed by atoms with Gasteiger partial charge in [-0.3, -0.25) is 0 Å². The number of hydrogen-bond acceptors (Lipinski definition) is 2. The predicted octanol–water partition coefficient (Wildman–Crippen LogP) is 3.68. The Hall–Kier alpha value is -1.80. The number of nitrogens with two attached hydrogens (primary N) is 1. The van der Waals surface area contributed by atoms with Crippen molar-refractivity contribution in [3.05, 3.63) is 65.2 Å². The normalized spacial score (nSPS) is 12.2.